The Morgan fingerprint density at radius 3 is 2.58 bits per heavy atom. The highest BCUT2D eigenvalue weighted by atomic mass is 32.2. The molecule has 0 unspecified atom stereocenters. The van der Waals surface area contributed by atoms with Crippen molar-refractivity contribution in [2.24, 2.45) is 7.05 Å². The van der Waals surface area contributed by atoms with Crippen LogP contribution in [-0.2, 0) is 11.8 Å². The minimum Gasteiger partial charge on any atom is -0.378 e. The van der Waals surface area contributed by atoms with Crippen molar-refractivity contribution in [1.82, 2.24) is 29.2 Å². The van der Waals surface area contributed by atoms with Gasteiger partial charge in [-0.05, 0) is 24.5 Å². The number of carbonyl (C=O) groups is 1. The van der Waals surface area contributed by atoms with Gasteiger partial charge in [-0.2, -0.15) is 5.10 Å². The molecule has 31 heavy (non-hydrogen) atoms. The van der Waals surface area contributed by atoms with Crippen LogP contribution in [0.1, 0.15) is 10.4 Å². The number of hydrogen-bond donors (Lipinski definition) is 0. The van der Waals surface area contributed by atoms with E-state index in [4.69, 9.17) is 4.74 Å². The topological polar surface area (TPSA) is 78.1 Å². The van der Waals surface area contributed by atoms with Gasteiger partial charge in [0, 0.05) is 66.3 Å². The van der Waals surface area contributed by atoms with E-state index in [0.717, 1.165) is 27.1 Å². The van der Waals surface area contributed by atoms with Gasteiger partial charge in [-0.15, -0.1) is 11.8 Å². The molecule has 1 aromatic carbocycles. The number of aryl methyl sites for hydroxylation is 1. The van der Waals surface area contributed by atoms with Crippen LogP contribution in [0.4, 0.5) is 0 Å². The molecule has 5 rings (SSSR count). The lowest BCUT2D eigenvalue weighted by Crippen LogP contribution is -2.40. The minimum atomic E-state index is 0.0232. The highest BCUT2D eigenvalue weighted by Crippen LogP contribution is 2.31. The molecular formula is C22H22N6O2S. The lowest BCUT2D eigenvalue weighted by Gasteiger charge is -2.26. The zero-order chi connectivity index (χ0) is 21.4. The van der Waals surface area contributed by atoms with E-state index >= 15 is 0 Å². The zero-order valence-electron chi connectivity index (χ0n) is 17.4. The number of nitrogens with zero attached hydrogens (tertiary/aromatic N) is 6. The summed E-state index contributed by atoms with van der Waals surface area (Å²) in [4.78, 5) is 25.1. The monoisotopic (exact) mass is 434 g/mol. The molecule has 0 radical (unpaired) electrons. The summed E-state index contributed by atoms with van der Waals surface area (Å²) in [6, 6.07) is 7.77. The number of benzene rings is 1. The predicted octanol–water partition coefficient (Wildman–Crippen LogP) is 3.02. The van der Waals surface area contributed by atoms with Crippen molar-refractivity contribution < 1.29 is 9.53 Å². The van der Waals surface area contributed by atoms with Crippen LogP contribution < -0.4 is 0 Å². The second-order valence-electron chi connectivity index (χ2n) is 7.35. The smallest absolute Gasteiger partial charge is 0.254 e. The average Bonchev–Trinajstić information content (AvgIpc) is 3.42. The maximum absolute atomic E-state index is 13.0. The number of rotatable bonds is 4. The molecule has 0 N–H and O–H groups in total. The Morgan fingerprint density at radius 2 is 1.90 bits per heavy atom. The van der Waals surface area contributed by atoms with Crippen molar-refractivity contribution in [1.29, 1.82) is 0 Å². The normalized spacial score (nSPS) is 14.3. The molecule has 1 aliphatic heterocycles. The maximum atomic E-state index is 13.0. The van der Waals surface area contributed by atoms with Crippen molar-refractivity contribution in [3.05, 3.63) is 54.6 Å². The van der Waals surface area contributed by atoms with Gasteiger partial charge in [-0.1, -0.05) is 6.07 Å². The summed E-state index contributed by atoms with van der Waals surface area (Å²) in [5.74, 6) is 0.580. The van der Waals surface area contributed by atoms with Crippen molar-refractivity contribution >= 4 is 28.6 Å². The Bertz CT molecular complexity index is 1240. The van der Waals surface area contributed by atoms with Crippen LogP contribution in [0, 0.1) is 0 Å². The summed E-state index contributed by atoms with van der Waals surface area (Å²) in [6.07, 6.45) is 9.50. The van der Waals surface area contributed by atoms with Crippen molar-refractivity contribution in [3.63, 3.8) is 0 Å². The molecule has 0 atom stereocenters. The third-order valence-electron chi connectivity index (χ3n) is 5.40. The molecule has 4 aromatic rings. The van der Waals surface area contributed by atoms with Gasteiger partial charge in [0.15, 0.2) is 0 Å². The summed E-state index contributed by atoms with van der Waals surface area (Å²) in [6.45, 7) is 2.40. The summed E-state index contributed by atoms with van der Waals surface area (Å²) in [5.41, 5.74) is 3.25. The number of aromatic nitrogens is 5. The van der Waals surface area contributed by atoms with Crippen LogP contribution in [0.15, 0.2) is 53.9 Å². The van der Waals surface area contributed by atoms with Crippen LogP contribution in [0.2, 0.25) is 0 Å². The van der Waals surface area contributed by atoms with Crippen LogP contribution in [0.25, 0.3) is 28.1 Å². The fourth-order valence-electron chi connectivity index (χ4n) is 3.75. The first kappa shape index (κ1) is 19.8. The lowest BCUT2D eigenvalue weighted by atomic mass is 10.1. The quantitative estimate of drug-likeness (QED) is 0.460. The first-order valence-electron chi connectivity index (χ1n) is 10.0. The molecule has 4 heterocycles. The van der Waals surface area contributed by atoms with Gasteiger partial charge in [0.25, 0.3) is 5.91 Å². The SMILES string of the molecule is CSc1cn(-c2ncc(-c3ccn(C)n3)cn2)c2cc(C(=O)N3CCOCC3)ccc12. The van der Waals surface area contributed by atoms with Gasteiger partial charge in [0.1, 0.15) is 0 Å². The number of morpholine rings is 1. The number of carbonyl (C=O) groups excluding carboxylic acids is 1. The van der Waals surface area contributed by atoms with Crippen LogP contribution in [0.3, 0.4) is 0 Å². The first-order chi connectivity index (χ1) is 15.1. The number of fused-ring (bicyclic) bond motifs is 1. The molecule has 1 fully saturated rings. The molecule has 0 aliphatic carbocycles. The van der Waals surface area contributed by atoms with Gasteiger partial charge in [-0.3, -0.25) is 14.0 Å². The number of thioether (sulfide) groups is 1. The van der Waals surface area contributed by atoms with E-state index in [1.54, 1.807) is 28.8 Å². The van der Waals surface area contributed by atoms with Gasteiger partial charge in [0.2, 0.25) is 5.95 Å². The number of amides is 1. The molecule has 158 valence electrons. The summed E-state index contributed by atoms with van der Waals surface area (Å²) in [5, 5.41) is 5.47. The maximum Gasteiger partial charge on any atom is 0.254 e. The van der Waals surface area contributed by atoms with E-state index in [0.29, 0.717) is 37.8 Å². The molecule has 8 nitrogen and oxygen atoms in total. The Morgan fingerprint density at radius 1 is 1.13 bits per heavy atom. The zero-order valence-corrected chi connectivity index (χ0v) is 18.2. The third-order valence-corrected chi connectivity index (χ3v) is 6.16. The molecule has 0 spiro atoms. The summed E-state index contributed by atoms with van der Waals surface area (Å²) >= 11 is 1.66. The van der Waals surface area contributed by atoms with Crippen molar-refractivity contribution in [3.8, 4) is 17.2 Å². The fourth-order valence-corrected chi connectivity index (χ4v) is 4.36. The molecule has 0 saturated carbocycles. The fraction of sp³-hybridized carbons (Fsp3) is 0.273. The van der Waals surface area contributed by atoms with Gasteiger partial charge in [0.05, 0.1) is 24.4 Å². The highest BCUT2D eigenvalue weighted by molar-refractivity contribution is 7.98. The molecule has 3 aromatic heterocycles. The molecule has 1 saturated heterocycles. The Balaban J connectivity index is 1.53. The van der Waals surface area contributed by atoms with E-state index in [1.165, 1.54) is 0 Å². The first-order valence-corrected chi connectivity index (χ1v) is 11.2. The number of hydrogen-bond acceptors (Lipinski definition) is 6. The molecule has 0 bridgehead atoms. The van der Waals surface area contributed by atoms with Gasteiger partial charge < -0.3 is 9.64 Å². The lowest BCUT2D eigenvalue weighted by molar-refractivity contribution is 0.0303. The van der Waals surface area contributed by atoms with Gasteiger partial charge in [-0.25, -0.2) is 9.97 Å². The van der Waals surface area contributed by atoms with Crippen LogP contribution in [-0.4, -0.2) is 67.7 Å². The predicted molar refractivity (Wildman–Crippen MR) is 120 cm³/mol. The molecule has 1 amide bonds. The third kappa shape index (κ3) is 3.70. The second-order valence-corrected chi connectivity index (χ2v) is 8.20. The summed E-state index contributed by atoms with van der Waals surface area (Å²) < 4.78 is 9.07. The van der Waals surface area contributed by atoms with Crippen molar-refractivity contribution in [2.75, 3.05) is 32.6 Å². The Kier molecular flexibility index (Phi) is 5.21. The molecule has 9 heteroatoms. The van der Waals surface area contributed by atoms with E-state index in [9.17, 15) is 4.79 Å². The van der Waals surface area contributed by atoms with E-state index in [-0.39, 0.29) is 5.91 Å². The van der Waals surface area contributed by atoms with Crippen LogP contribution in [0.5, 0.6) is 0 Å². The highest BCUT2D eigenvalue weighted by Gasteiger charge is 2.20. The Labute approximate surface area is 183 Å². The van der Waals surface area contributed by atoms with E-state index in [1.807, 2.05) is 59.4 Å². The minimum absolute atomic E-state index is 0.0232. The second kappa shape index (κ2) is 8.16. The Hall–Kier alpha value is -3.17. The van der Waals surface area contributed by atoms with Crippen molar-refractivity contribution in [2.45, 2.75) is 4.90 Å². The van der Waals surface area contributed by atoms with E-state index < -0.39 is 0 Å². The van der Waals surface area contributed by atoms with E-state index in [2.05, 4.69) is 15.1 Å². The number of ether oxygens (including phenoxy) is 1. The van der Waals surface area contributed by atoms with Gasteiger partial charge >= 0.3 is 0 Å². The average molecular weight is 435 g/mol. The standard InChI is InChI=1S/C22H22N6O2S/c1-26-6-5-18(25-26)16-12-23-22(24-13-16)28-14-20(31-2)17-4-3-15(11-19(17)28)21(29)27-7-9-30-10-8-27/h3-6,11-14H,7-10H2,1-2H3. The van der Waals surface area contributed by atoms with Crippen LogP contribution >= 0.6 is 11.8 Å². The summed E-state index contributed by atoms with van der Waals surface area (Å²) in [7, 11) is 1.88. The largest absolute Gasteiger partial charge is 0.378 e. The molecule has 1 aliphatic rings. The molecular weight excluding hydrogens is 412 g/mol.